The summed E-state index contributed by atoms with van der Waals surface area (Å²) < 4.78 is 15.6. The van der Waals surface area contributed by atoms with Crippen molar-refractivity contribution in [3.8, 4) is 11.3 Å². The van der Waals surface area contributed by atoms with E-state index in [0.717, 1.165) is 11.0 Å². The first kappa shape index (κ1) is 26.9. The Balaban J connectivity index is 1.76. The largest absolute Gasteiger partial charge is 0.481 e. The third kappa shape index (κ3) is 6.21. The van der Waals surface area contributed by atoms with E-state index < -0.39 is 24.6 Å². The van der Waals surface area contributed by atoms with E-state index in [1.54, 1.807) is 18.2 Å². The molecule has 198 valence electrons. The van der Waals surface area contributed by atoms with Crippen LogP contribution in [0.5, 0.6) is 0 Å². The number of aromatic nitrogens is 4. The van der Waals surface area contributed by atoms with Crippen molar-refractivity contribution >= 4 is 35.0 Å². The second-order valence-electron chi connectivity index (χ2n) is 9.38. The number of aliphatic carboxylic acids is 1. The average molecular weight is 520 g/mol. The third-order valence-corrected chi connectivity index (χ3v) is 6.06. The number of nitrogens with one attached hydrogen (secondary N) is 1. The standard InChI is InChI=1S/C28H30FN5O4/c1-16(2)25-21(13-12-19(35)14-20(36)15-24(37)38)26(17-8-10-18(29)11-9-17)32-27(31-25)33-28-30-22-6-4-5-7-23(22)34(28)3/h4-13,16,19-20,35-36H,14-15H2,1-3H3,(H,37,38)(H,30,31,32,33)/t19-,20-/m1/s1. The van der Waals surface area contributed by atoms with Gasteiger partial charge in [-0.25, -0.2) is 19.3 Å². The maximum Gasteiger partial charge on any atom is 0.305 e. The molecule has 0 unspecified atom stereocenters. The van der Waals surface area contributed by atoms with Crippen LogP contribution in [0, 0.1) is 5.82 Å². The number of halogens is 1. The smallest absolute Gasteiger partial charge is 0.305 e. The second kappa shape index (κ2) is 11.5. The molecule has 2 aromatic carbocycles. The Bertz CT molecular complexity index is 1470. The minimum Gasteiger partial charge on any atom is -0.481 e. The van der Waals surface area contributed by atoms with Crippen LogP contribution in [0.25, 0.3) is 28.4 Å². The maximum atomic E-state index is 13.7. The molecule has 2 heterocycles. The molecule has 2 atom stereocenters. The Hall–Kier alpha value is -4.15. The number of fused-ring (bicyclic) bond motifs is 1. The summed E-state index contributed by atoms with van der Waals surface area (Å²) in [5.41, 5.74) is 4.21. The van der Waals surface area contributed by atoms with Crippen molar-refractivity contribution in [1.82, 2.24) is 19.5 Å². The molecule has 38 heavy (non-hydrogen) atoms. The lowest BCUT2D eigenvalue weighted by atomic mass is 9.97. The predicted octanol–water partition coefficient (Wildman–Crippen LogP) is 4.64. The van der Waals surface area contributed by atoms with Gasteiger partial charge in [0.2, 0.25) is 11.9 Å². The fourth-order valence-electron chi connectivity index (χ4n) is 4.18. The van der Waals surface area contributed by atoms with Gasteiger partial charge in [0.25, 0.3) is 0 Å². The van der Waals surface area contributed by atoms with E-state index in [0.29, 0.717) is 34.4 Å². The van der Waals surface area contributed by atoms with Gasteiger partial charge in [0.15, 0.2) is 0 Å². The SMILES string of the molecule is CC(C)c1nc(Nc2nc3ccccc3n2C)nc(-c2ccc(F)cc2)c1C=C[C@@H](O)C[C@@H](O)CC(=O)O. The van der Waals surface area contributed by atoms with E-state index >= 15 is 0 Å². The van der Waals surface area contributed by atoms with Crippen LogP contribution in [0.2, 0.25) is 0 Å². The van der Waals surface area contributed by atoms with E-state index in [9.17, 15) is 19.4 Å². The summed E-state index contributed by atoms with van der Waals surface area (Å²) in [6.07, 6.45) is 0.243. The van der Waals surface area contributed by atoms with Gasteiger partial charge < -0.3 is 19.9 Å². The number of carboxylic acids is 1. The predicted molar refractivity (Wildman–Crippen MR) is 143 cm³/mol. The maximum absolute atomic E-state index is 13.7. The molecule has 0 amide bonds. The number of hydrogen-bond acceptors (Lipinski definition) is 7. The van der Waals surface area contributed by atoms with E-state index in [2.05, 4.69) is 10.3 Å². The van der Waals surface area contributed by atoms with E-state index in [1.807, 2.05) is 49.7 Å². The van der Waals surface area contributed by atoms with Crippen molar-refractivity contribution in [2.75, 3.05) is 5.32 Å². The van der Waals surface area contributed by atoms with Crippen molar-refractivity contribution in [1.29, 1.82) is 0 Å². The van der Waals surface area contributed by atoms with Gasteiger partial charge in [0.05, 0.1) is 41.1 Å². The van der Waals surface area contributed by atoms with Crippen LogP contribution in [0.15, 0.2) is 54.6 Å². The van der Waals surface area contributed by atoms with E-state index in [1.165, 1.54) is 18.2 Å². The zero-order valence-corrected chi connectivity index (χ0v) is 21.3. The normalized spacial score (nSPS) is 13.3. The van der Waals surface area contributed by atoms with Gasteiger partial charge in [-0.2, -0.15) is 0 Å². The van der Waals surface area contributed by atoms with Crippen LogP contribution in [0.4, 0.5) is 16.3 Å². The Morgan fingerprint density at radius 2 is 1.79 bits per heavy atom. The molecule has 0 fully saturated rings. The lowest BCUT2D eigenvalue weighted by Gasteiger charge is -2.17. The van der Waals surface area contributed by atoms with E-state index in [4.69, 9.17) is 15.1 Å². The summed E-state index contributed by atoms with van der Waals surface area (Å²) in [7, 11) is 1.89. The van der Waals surface area contributed by atoms with Crippen molar-refractivity contribution in [3.05, 3.63) is 71.7 Å². The number of carboxylic acid groups (broad SMARTS) is 1. The quantitative estimate of drug-likeness (QED) is 0.238. The highest BCUT2D eigenvalue weighted by molar-refractivity contribution is 5.80. The van der Waals surface area contributed by atoms with Crippen LogP contribution < -0.4 is 5.32 Å². The molecule has 4 aromatic rings. The van der Waals surface area contributed by atoms with E-state index in [-0.39, 0.29) is 18.2 Å². The number of aliphatic hydroxyl groups is 2. The van der Waals surface area contributed by atoms with Crippen LogP contribution in [-0.2, 0) is 11.8 Å². The number of nitrogens with zero attached hydrogens (tertiary/aromatic N) is 4. The number of anilines is 2. The minimum atomic E-state index is -1.19. The van der Waals surface area contributed by atoms with Gasteiger partial charge in [-0.15, -0.1) is 0 Å². The zero-order valence-electron chi connectivity index (χ0n) is 21.3. The lowest BCUT2D eigenvalue weighted by molar-refractivity contribution is -0.139. The van der Waals surface area contributed by atoms with Gasteiger partial charge in [-0.1, -0.05) is 38.1 Å². The van der Waals surface area contributed by atoms with Gasteiger partial charge in [-0.3, -0.25) is 10.1 Å². The molecule has 0 spiro atoms. The fourth-order valence-corrected chi connectivity index (χ4v) is 4.18. The fraction of sp³-hybridized carbons (Fsp3) is 0.286. The molecule has 0 aliphatic carbocycles. The second-order valence-corrected chi connectivity index (χ2v) is 9.38. The Morgan fingerprint density at radius 3 is 2.45 bits per heavy atom. The summed E-state index contributed by atoms with van der Waals surface area (Å²) >= 11 is 0. The molecule has 4 rings (SSSR count). The number of para-hydroxylation sites is 2. The summed E-state index contributed by atoms with van der Waals surface area (Å²) in [6, 6.07) is 13.6. The van der Waals surface area contributed by atoms with Gasteiger partial charge >= 0.3 is 5.97 Å². The number of aryl methyl sites for hydroxylation is 1. The molecule has 9 nitrogen and oxygen atoms in total. The van der Waals surface area contributed by atoms with Crippen molar-refractivity contribution in [3.63, 3.8) is 0 Å². The summed E-state index contributed by atoms with van der Waals surface area (Å²) in [5, 5.41) is 32.4. The molecule has 0 radical (unpaired) electrons. The zero-order chi connectivity index (χ0) is 27.4. The van der Waals surface area contributed by atoms with Gasteiger partial charge in [-0.05, 0) is 42.3 Å². The molecular formula is C28H30FN5O4. The molecule has 4 N–H and O–H groups in total. The molecular weight excluding hydrogens is 489 g/mol. The lowest BCUT2D eigenvalue weighted by Crippen LogP contribution is -2.19. The first-order chi connectivity index (χ1) is 18.1. The highest BCUT2D eigenvalue weighted by Crippen LogP contribution is 2.31. The number of carbonyl (C=O) groups is 1. The number of rotatable bonds is 10. The van der Waals surface area contributed by atoms with Crippen LogP contribution >= 0.6 is 0 Å². The number of benzene rings is 2. The topological polar surface area (TPSA) is 133 Å². The number of imidazole rings is 1. The highest BCUT2D eigenvalue weighted by Gasteiger charge is 2.19. The molecule has 0 saturated carbocycles. The molecule has 2 aromatic heterocycles. The first-order valence-electron chi connectivity index (χ1n) is 12.2. The van der Waals surface area contributed by atoms with Crippen molar-refractivity contribution < 1.29 is 24.5 Å². The Labute approximate surface area is 219 Å². The van der Waals surface area contributed by atoms with Crippen LogP contribution in [-0.4, -0.2) is 53.0 Å². The van der Waals surface area contributed by atoms with Crippen molar-refractivity contribution in [2.24, 2.45) is 7.05 Å². The Kier molecular flexibility index (Phi) is 8.13. The molecule has 0 aliphatic heterocycles. The summed E-state index contributed by atoms with van der Waals surface area (Å²) in [6.45, 7) is 3.94. The molecule has 0 saturated heterocycles. The summed E-state index contributed by atoms with van der Waals surface area (Å²) in [5.74, 6) is -0.720. The van der Waals surface area contributed by atoms with Crippen molar-refractivity contribution in [2.45, 2.75) is 44.8 Å². The average Bonchev–Trinajstić information content (AvgIpc) is 3.17. The molecule has 0 aliphatic rings. The highest BCUT2D eigenvalue weighted by atomic mass is 19.1. The van der Waals surface area contributed by atoms with Gasteiger partial charge in [0, 0.05) is 24.6 Å². The third-order valence-electron chi connectivity index (χ3n) is 6.06. The van der Waals surface area contributed by atoms with Gasteiger partial charge in [0.1, 0.15) is 5.82 Å². The summed E-state index contributed by atoms with van der Waals surface area (Å²) in [4.78, 5) is 25.0. The number of hydrogen-bond donors (Lipinski definition) is 4. The molecule has 0 bridgehead atoms. The Morgan fingerprint density at radius 1 is 1.08 bits per heavy atom. The molecule has 10 heteroatoms. The van der Waals surface area contributed by atoms with Crippen LogP contribution in [0.1, 0.15) is 43.9 Å². The first-order valence-corrected chi connectivity index (χ1v) is 12.2. The minimum absolute atomic E-state index is 0.0485. The monoisotopic (exact) mass is 519 g/mol. The van der Waals surface area contributed by atoms with Crippen LogP contribution in [0.3, 0.4) is 0 Å². The number of aliphatic hydroxyl groups excluding tert-OH is 2.